The summed E-state index contributed by atoms with van der Waals surface area (Å²) in [5, 5.41) is 0. The van der Waals surface area contributed by atoms with Gasteiger partial charge in [0.2, 0.25) is 0 Å². The number of carbonyl (C=O) groups excluding carboxylic acids is 1. The summed E-state index contributed by atoms with van der Waals surface area (Å²) >= 11 is 0. The minimum absolute atomic E-state index is 0.130. The molecule has 0 aromatic carbocycles. The molecule has 1 aliphatic rings. The fourth-order valence-corrected chi connectivity index (χ4v) is 1.62. The van der Waals surface area contributed by atoms with Gasteiger partial charge in [0.05, 0.1) is 0 Å². The largest absolute Gasteiger partial charge is 0.303 e. The summed E-state index contributed by atoms with van der Waals surface area (Å²) in [6.07, 6.45) is 5.39. The van der Waals surface area contributed by atoms with Crippen LogP contribution in [-0.4, -0.2) is 12.8 Å². The second kappa shape index (κ2) is 3.12. The molecule has 0 bridgehead atoms. The zero-order valence-corrected chi connectivity index (χ0v) is 6.10. The molecule has 0 heterocycles. The zero-order chi connectivity index (χ0) is 7.45. The molecule has 0 amide bonds. The van der Waals surface area contributed by atoms with E-state index in [1.54, 1.807) is 0 Å². The molecule has 0 aromatic heterocycles. The Kier molecular flexibility index (Phi) is 2.40. The van der Waals surface area contributed by atoms with Crippen molar-refractivity contribution in [2.24, 2.45) is 11.3 Å². The van der Waals surface area contributed by atoms with E-state index in [9.17, 15) is 4.79 Å². The minimum atomic E-state index is -0.130. The molecule has 1 saturated carbocycles. The number of hydrogen-bond donors (Lipinski definition) is 2. The topological polar surface area (TPSA) is 55.1 Å². The Hall–Kier alpha value is -0.410. The third-order valence-electron chi connectivity index (χ3n) is 2.30. The average molecular weight is 142 g/mol. The van der Waals surface area contributed by atoms with Crippen LogP contribution in [0.5, 0.6) is 0 Å². The number of hydrogen-bond acceptors (Lipinski definition) is 3. The second-order valence-electron chi connectivity index (χ2n) is 3.07. The molecule has 0 atom stereocenters. The maximum Gasteiger partial charge on any atom is 0.127 e. The number of hydrazine groups is 1. The van der Waals surface area contributed by atoms with Gasteiger partial charge in [-0.05, 0) is 12.8 Å². The number of rotatable bonds is 3. The Morgan fingerprint density at radius 2 is 2.10 bits per heavy atom. The van der Waals surface area contributed by atoms with Gasteiger partial charge < -0.3 is 4.79 Å². The van der Waals surface area contributed by atoms with Crippen molar-refractivity contribution >= 4 is 6.29 Å². The van der Waals surface area contributed by atoms with Gasteiger partial charge in [0.15, 0.2) is 0 Å². The van der Waals surface area contributed by atoms with Gasteiger partial charge in [-0.2, -0.15) is 0 Å². The first kappa shape index (κ1) is 7.69. The molecular weight excluding hydrogens is 128 g/mol. The van der Waals surface area contributed by atoms with Crippen LogP contribution in [0.4, 0.5) is 0 Å². The van der Waals surface area contributed by atoms with Gasteiger partial charge in [0.25, 0.3) is 0 Å². The van der Waals surface area contributed by atoms with Crippen LogP contribution in [-0.2, 0) is 4.79 Å². The lowest BCUT2D eigenvalue weighted by atomic mass is 9.88. The molecule has 1 rings (SSSR count). The van der Waals surface area contributed by atoms with Gasteiger partial charge in [-0.3, -0.25) is 11.3 Å². The fourth-order valence-electron chi connectivity index (χ4n) is 1.62. The van der Waals surface area contributed by atoms with Crippen molar-refractivity contribution in [2.75, 3.05) is 6.54 Å². The molecule has 0 spiro atoms. The normalized spacial score (nSPS) is 22.9. The minimum Gasteiger partial charge on any atom is -0.303 e. The number of nitrogens with one attached hydrogen (secondary N) is 1. The average Bonchev–Trinajstić information content (AvgIpc) is 2.39. The highest BCUT2D eigenvalue weighted by molar-refractivity contribution is 5.60. The molecule has 0 saturated heterocycles. The van der Waals surface area contributed by atoms with E-state index in [0.717, 1.165) is 19.1 Å². The van der Waals surface area contributed by atoms with Crippen LogP contribution in [0.15, 0.2) is 0 Å². The van der Waals surface area contributed by atoms with E-state index >= 15 is 0 Å². The second-order valence-corrected chi connectivity index (χ2v) is 3.07. The molecular formula is C7H14N2O. The Bertz CT molecular complexity index is 119. The highest BCUT2D eigenvalue weighted by atomic mass is 16.1. The number of nitrogens with two attached hydrogens (primary N) is 1. The molecule has 1 aliphatic carbocycles. The monoisotopic (exact) mass is 142 g/mol. The Morgan fingerprint density at radius 3 is 2.50 bits per heavy atom. The summed E-state index contributed by atoms with van der Waals surface area (Å²) < 4.78 is 0. The fraction of sp³-hybridized carbons (Fsp3) is 0.857. The van der Waals surface area contributed by atoms with E-state index in [1.165, 1.54) is 12.8 Å². The molecule has 3 nitrogen and oxygen atoms in total. The first-order valence-electron chi connectivity index (χ1n) is 3.73. The Labute approximate surface area is 60.9 Å². The van der Waals surface area contributed by atoms with E-state index in [2.05, 4.69) is 5.43 Å². The van der Waals surface area contributed by atoms with Gasteiger partial charge in [0.1, 0.15) is 6.29 Å². The SMILES string of the molecule is NNCC1(C=O)CCCC1. The van der Waals surface area contributed by atoms with Crippen molar-refractivity contribution in [3.63, 3.8) is 0 Å². The molecule has 0 aromatic rings. The van der Waals surface area contributed by atoms with Gasteiger partial charge in [-0.1, -0.05) is 12.8 Å². The summed E-state index contributed by atoms with van der Waals surface area (Å²) in [4.78, 5) is 10.6. The van der Waals surface area contributed by atoms with Crippen molar-refractivity contribution in [1.29, 1.82) is 0 Å². The van der Waals surface area contributed by atoms with Crippen LogP contribution in [0.3, 0.4) is 0 Å². The maximum absolute atomic E-state index is 10.6. The van der Waals surface area contributed by atoms with Gasteiger partial charge in [-0.15, -0.1) is 0 Å². The van der Waals surface area contributed by atoms with Gasteiger partial charge in [-0.25, -0.2) is 0 Å². The van der Waals surface area contributed by atoms with Crippen molar-refractivity contribution < 1.29 is 4.79 Å². The molecule has 1 fully saturated rings. The van der Waals surface area contributed by atoms with Crippen LogP contribution in [0, 0.1) is 5.41 Å². The number of carbonyl (C=O) groups is 1. The maximum atomic E-state index is 10.6. The molecule has 0 radical (unpaired) electrons. The highest BCUT2D eigenvalue weighted by Gasteiger charge is 2.32. The molecule has 3 heteroatoms. The van der Waals surface area contributed by atoms with Crippen LogP contribution >= 0.6 is 0 Å². The predicted octanol–water partition coefficient (Wildman–Crippen LogP) is 0.209. The lowest BCUT2D eigenvalue weighted by Crippen LogP contribution is -2.37. The van der Waals surface area contributed by atoms with Crippen LogP contribution in [0.25, 0.3) is 0 Å². The van der Waals surface area contributed by atoms with Crippen LogP contribution in [0.1, 0.15) is 25.7 Å². The van der Waals surface area contributed by atoms with Crippen molar-refractivity contribution in [2.45, 2.75) is 25.7 Å². The van der Waals surface area contributed by atoms with E-state index in [-0.39, 0.29) is 5.41 Å². The third kappa shape index (κ3) is 1.36. The summed E-state index contributed by atoms with van der Waals surface area (Å²) in [5.41, 5.74) is 2.44. The van der Waals surface area contributed by atoms with E-state index in [4.69, 9.17) is 5.84 Å². The quantitative estimate of drug-likeness (QED) is 0.336. The lowest BCUT2D eigenvalue weighted by molar-refractivity contribution is -0.115. The number of aldehydes is 1. The highest BCUT2D eigenvalue weighted by Crippen LogP contribution is 2.35. The Balaban J connectivity index is 2.49. The molecule has 58 valence electrons. The van der Waals surface area contributed by atoms with Gasteiger partial charge >= 0.3 is 0 Å². The third-order valence-corrected chi connectivity index (χ3v) is 2.30. The standard InChI is InChI=1S/C7H14N2O/c8-9-5-7(6-10)3-1-2-4-7/h6,9H,1-5,8H2. The molecule has 10 heavy (non-hydrogen) atoms. The first-order chi connectivity index (χ1) is 4.83. The summed E-state index contributed by atoms with van der Waals surface area (Å²) in [6, 6.07) is 0. The Morgan fingerprint density at radius 1 is 1.50 bits per heavy atom. The van der Waals surface area contributed by atoms with E-state index in [0.29, 0.717) is 6.54 Å². The summed E-state index contributed by atoms with van der Waals surface area (Å²) in [6.45, 7) is 0.635. The van der Waals surface area contributed by atoms with Gasteiger partial charge in [0, 0.05) is 12.0 Å². The molecule has 0 unspecified atom stereocenters. The van der Waals surface area contributed by atoms with Crippen molar-refractivity contribution in [3.05, 3.63) is 0 Å². The lowest BCUT2D eigenvalue weighted by Gasteiger charge is -2.19. The summed E-state index contributed by atoms with van der Waals surface area (Å²) in [5.74, 6) is 5.16. The first-order valence-corrected chi connectivity index (χ1v) is 3.73. The van der Waals surface area contributed by atoms with Crippen LogP contribution in [0.2, 0.25) is 0 Å². The van der Waals surface area contributed by atoms with Crippen LogP contribution < -0.4 is 11.3 Å². The zero-order valence-electron chi connectivity index (χ0n) is 6.10. The van der Waals surface area contributed by atoms with E-state index in [1.807, 2.05) is 0 Å². The predicted molar refractivity (Wildman–Crippen MR) is 39.2 cm³/mol. The molecule has 0 aliphatic heterocycles. The molecule has 3 N–H and O–H groups in total. The van der Waals surface area contributed by atoms with Crippen molar-refractivity contribution in [3.8, 4) is 0 Å². The van der Waals surface area contributed by atoms with Crippen molar-refractivity contribution in [1.82, 2.24) is 5.43 Å². The van der Waals surface area contributed by atoms with E-state index < -0.39 is 0 Å². The smallest absolute Gasteiger partial charge is 0.127 e. The summed E-state index contributed by atoms with van der Waals surface area (Å²) in [7, 11) is 0.